The van der Waals surface area contributed by atoms with Crippen molar-refractivity contribution < 1.29 is 22.3 Å². The average molecular weight is 530 g/mol. The van der Waals surface area contributed by atoms with Crippen LogP contribution in [0.5, 0.6) is 5.75 Å². The topological polar surface area (TPSA) is 78.3 Å². The molecular formula is C24H15ClF3N5O2S. The monoisotopic (exact) mass is 529 g/mol. The van der Waals surface area contributed by atoms with Gasteiger partial charge in [-0.15, -0.1) is 16.4 Å². The lowest BCUT2D eigenvalue weighted by Gasteiger charge is -2.06. The van der Waals surface area contributed by atoms with Gasteiger partial charge in [-0.3, -0.25) is 0 Å². The molecule has 0 radical (unpaired) electrons. The second kappa shape index (κ2) is 8.17. The molecule has 0 spiro atoms. The van der Waals surface area contributed by atoms with Crippen molar-refractivity contribution in [2.24, 2.45) is 0 Å². The zero-order valence-corrected chi connectivity index (χ0v) is 20.3. The van der Waals surface area contributed by atoms with E-state index in [4.69, 9.17) is 20.8 Å². The molecule has 6 rings (SSSR count). The minimum atomic E-state index is -4.53. The third-order valence-electron chi connectivity index (χ3n) is 5.65. The Balaban J connectivity index is 1.34. The summed E-state index contributed by atoms with van der Waals surface area (Å²) in [6, 6.07) is 9.92. The molecule has 0 aliphatic heterocycles. The minimum absolute atomic E-state index is 0.197. The molecule has 5 heterocycles. The number of furan rings is 1. The van der Waals surface area contributed by atoms with Gasteiger partial charge in [0.25, 0.3) is 0 Å². The van der Waals surface area contributed by atoms with Gasteiger partial charge < -0.3 is 9.15 Å². The lowest BCUT2D eigenvalue weighted by atomic mass is 10.1. The van der Waals surface area contributed by atoms with E-state index in [0.717, 1.165) is 23.0 Å². The number of aryl methyl sites for hydroxylation is 2. The smallest absolute Gasteiger partial charge is 0.433 e. The fraction of sp³-hybridized carbons (Fsp3) is 0.167. The lowest BCUT2D eigenvalue weighted by Crippen LogP contribution is -2.07. The van der Waals surface area contributed by atoms with Crippen LogP contribution in [0.4, 0.5) is 13.2 Å². The van der Waals surface area contributed by atoms with E-state index in [-0.39, 0.29) is 11.4 Å². The number of nitrogens with zero attached hydrogens (tertiary/aromatic N) is 5. The Labute approximate surface area is 210 Å². The summed E-state index contributed by atoms with van der Waals surface area (Å²) in [6.07, 6.45) is -3.06. The Bertz CT molecular complexity index is 1790. The Kier molecular flexibility index (Phi) is 5.16. The molecule has 0 fully saturated rings. The molecule has 0 saturated carbocycles. The summed E-state index contributed by atoms with van der Waals surface area (Å²) < 4.78 is 53.5. The van der Waals surface area contributed by atoms with Crippen LogP contribution >= 0.6 is 22.9 Å². The van der Waals surface area contributed by atoms with E-state index in [1.54, 1.807) is 31.2 Å². The van der Waals surface area contributed by atoms with Crippen molar-refractivity contribution in [3.05, 3.63) is 70.3 Å². The molecule has 36 heavy (non-hydrogen) atoms. The van der Waals surface area contributed by atoms with Gasteiger partial charge >= 0.3 is 6.18 Å². The van der Waals surface area contributed by atoms with E-state index in [9.17, 15) is 13.2 Å². The summed E-state index contributed by atoms with van der Waals surface area (Å²) in [7, 11) is 0. The van der Waals surface area contributed by atoms with E-state index >= 15 is 0 Å². The number of thiophene rings is 1. The van der Waals surface area contributed by atoms with Gasteiger partial charge in [0.05, 0.1) is 5.52 Å². The van der Waals surface area contributed by atoms with Gasteiger partial charge in [0.15, 0.2) is 11.4 Å². The van der Waals surface area contributed by atoms with Crippen molar-refractivity contribution in [3.8, 4) is 17.3 Å². The third kappa shape index (κ3) is 3.84. The van der Waals surface area contributed by atoms with Crippen LogP contribution in [0, 0.1) is 13.8 Å². The first kappa shape index (κ1) is 22.7. The van der Waals surface area contributed by atoms with Crippen molar-refractivity contribution in [3.63, 3.8) is 0 Å². The number of ether oxygens (including phenoxy) is 1. The quantitative estimate of drug-likeness (QED) is 0.244. The van der Waals surface area contributed by atoms with E-state index in [1.807, 2.05) is 13.0 Å². The van der Waals surface area contributed by atoms with Gasteiger partial charge in [-0.05, 0) is 61.4 Å². The number of alkyl halides is 3. The highest BCUT2D eigenvalue weighted by atomic mass is 35.5. The van der Waals surface area contributed by atoms with E-state index in [2.05, 4.69) is 20.1 Å². The summed E-state index contributed by atoms with van der Waals surface area (Å²) in [5.74, 6) is 1.97. The number of aromatic nitrogens is 5. The standard InChI is InChI=1S/C24H15ClF3N5O2S/c1-11-7-13(3-5-15(11)25)34-9-14-4-6-16(35-14)21-31-22-20-19(29-10-33(22)32-21)18-12(2)8-17(24(26,27)28)30-23(18)36-20/h3-8,10H,9H2,1-2H3. The maximum absolute atomic E-state index is 13.3. The van der Waals surface area contributed by atoms with Crippen molar-refractivity contribution in [2.75, 3.05) is 0 Å². The van der Waals surface area contributed by atoms with Crippen LogP contribution in [0.25, 0.3) is 37.7 Å². The highest BCUT2D eigenvalue weighted by Gasteiger charge is 2.33. The normalized spacial score (nSPS) is 12.3. The molecule has 0 bridgehead atoms. The summed E-state index contributed by atoms with van der Waals surface area (Å²) in [6.45, 7) is 3.71. The van der Waals surface area contributed by atoms with Gasteiger partial charge in [0.2, 0.25) is 5.82 Å². The van der Waals surface area contributed by atoms with Gasteiger partial charge in [0.1, 0.15) is 39.7 Å². The zero-order valence-electron chi connectivity index (χ0n) is 18.7. The summed E-state index contributed by atoms with van der Waals surface area (Å²) in [5, 5.41) is 5.67. The molecule has 0 saturated heterocycles. The number of fused-ring (bicyclic) bond motifs is 5. The maximum atomic E-state index is 13.3. The molecule has 0 atom stereocenters. The van der Waals surface area contributed by atoms with Crippen LogP contribution < -0.4 is 4.74 Å². The predicted molar refractivity (Wildman–Crippen MR) is 129 cm³/mol. The molecule has 6 aromatic rings. The largest absolute Gasteiger partial charge is 0.486 e. The Morgan fingerprint density at radius 1 is 1.08 bits per heavy atom. The molecule has 182 valence electrons. The number of pyridine rings is 1. The van der Waals surface area contributed by atoms with Crippen LogP contribution in [0.2, 0.25) is 5.02 Å². The number of benzene rings is 1. The second-order valence-electron chi connectivity index (χ2n) is 8.20. The SMILES string of the molecule is Cc1cc(OCc2ccc(-c3nc4c5sc6nc(C(F)(F)F)cc(C)c6c5ncn4n3)o2)ccc1Cl. The van der Waals surface area contributed by atoms with Crippen LogP contribution in [0.1, 0.15) is 22.6 Å². The van der Waals surface area contributed by atoms with Crippen molar-refractivity contribution in [2.45, 2.75) is 26.6 Å². The lowest BCUT2D eigenvalue weighted by molar-refractivity contribution is -0.141. The molecule has 7 nitrogen and oxygen atoms in total. The highest BCUT2D eigenvalue weighted by molar-refractivity contribution is 7.26. The second-order valence-corrected chi connectivity index (χ2v) is 9.60. The van der Waals surface area contributed by atoms with Gasteiger partial charge in [-0.1, -0.05) is 11.6 Å². The van der Waals surface area contributed by atoms with E-state index in [1.165, 1.54) is 10.8 Å². The fourth-order valence-corrected chi connectivity index (χ4v) is 5.19. The molecule has 5 aromatic heterocycles. The fourth-order valence-electron chi connectivity index (χ4n) is 3.90. The highest BCUT2D eigenvalue weighted by Crippen LogP contribution is 2.38. The van der Waals surface area contributed by atoms with Gasteiger partial charge in [-0.25, -0.2) is 19.5 Å². The van der Waals surface area contributed by atoms with Crippen LogP contribution in [-0.2, 0) is 12.8 Å². The van der Waals surface area contributed by atoms with Gasteiger partial charge in [0, 0.05) is 10.4 Å². The molecule has 0 unspecified atom stereocenters. The first-order valence-corrected chi connectivity index (χ1v) is 11.9. The number of rotatable bonds is 4. The van der Waals surface area contributed by atoms with Crippen molar-refractivity contribution >= 4 is 49.0 Å². The molecule has 12 heteroatoms. The molecule has 0 amide bonds. The Morgan fingerprint density at radius 2 is 1.92 bits per heavy atom. The predicted octanol–water partition coefficient (Wildman–Crippen LogP) is 7.02. The van der Waals surface area contributed by atoms with E-state index in [0.29, 0.717) is 54.9 Å². The molecule has 1 aromatic carbocycles. The van der Waals surface area contributed by atoms with Crippen molar-refractivity contribution in [1.29, 1.82) is 0 Å². The summed E-state index contributed by atoms with van der Waals surface area (Å²) >= 11 is 7.15. The number of hydrogen-bond acceptors (Lipinski definition) is 7. The van der Waals surface area contributed by atoms with Crippen LogP contribution in [0.3, 0.4) is 0 Å². The molecular weight excluding hydrogens is 515 g/mol. The van der Waals surface area contributed by atoms with Gasteiger partial charge in [-0.2, -0.15) is 13.2 Å². The third-order valence-corrected chi connectivity index (χ3v) is 7.14. The number of halogens is 4. The average Bonchev–Trinajstić information content (AvgIpc) is 3.55. The minimum Gasteiger partial charge on any atom is -0.486 e. The van der Waals surface area contributed by atoms with E-state index < -0.39 is 11.9 Å². The van der Waals surface area contributed by atoms with Crippen LogP contribution in [-0.4, -0.2) is 24.6 Å². The molecule has 0 aliphatic rings. The Hall–Kier alpha value is -3.70. The Morgan fingerprint density at radius 3 is 2.69 bits per heavy atom. The molecule has 0 aliphatic carbocycles. The summed E-state index contributed by atoms with van der Waals surface area (Å²) in [4.78, 5) is 13.1. The molecule has 0 N–H and O–H groups in total. The van der Waals surface area contributed by atoms with Crippen LogP contribution in [0.15, 0.2) is 47.1 Å². The first-order chi connectivity index (χ1) is 17.2. The van der Waals surface area contributed by atoms with Crippen molar-refractivity contribution in [1.82, 2.24) is 24.6 Å². The number of hydrogen-bond donors (Lipinski definition) is 0. The zero-order chi connectivity index (χ0) is 25.2. The first-order valence-electron chi connectivity index (χ1n) is 10.7. The summed E-state index contributed by atoms with van der Waals surface area (Å²) in [5.41, 5.74) is 1.41. The maximum Gasteiger partial charge on any atom is 0.433 e.